The minimum absolute atomic E-state index is 0.340. The first-order valence-electron chi connectivity index (χ1n) is 7.31. The molecule has 6 nitrogen and oxygen atoms in total. The molecule has 8 heteroatoms. The van der Waals surface area contributed by atoms with Gasteiger partial charge in [-0.2, -0.15) is 0 Å². The van der Waals surface area contributed by atoms with Crippen LogP contribution in [0.4, 0.5) is 10.1 Å². The van der Waals surface area contributed by atoms with Crippen LogP contribution in [0.1, 0.15) is 10.5 Å². The summed E-state index contributed by atoms with van der Waals surface area (Å²) >= 11 is 1.39. The molecule has 3 rings (SSSR count). The van der Waals surface area contributed by atoms with E-state index in [1.807, 2.05) is 6.26 Å². The molecule has 0 aliphatic rings. The number of rotatable bonds is 5. The number of ether oxygens (including phenoxy) is 1. The largest absolute Gasteiger partial charge is 0.481 e. The summed E-state index contributed by atoms with van der Waals surface area (Å²) in [6.45, 7) is 0. The van der Waals surface area contributed by atoms with Gasteiger partial charge in [-0.1, -0.05) is 11.8 Å². The smallest absolute Gasteiger partial charge is 0.274 e. The molecule has 0 radical (unpaired) electrons. The summed E-state index contributed by atoms with van der Waals surface area (Å²) in [6, 6.07) is 9.23. The number of imidazole rings is 1. The first-order valence-corrected chi connectivity index (χ1v) is 8.54. The second-order valence-corrected chi connectivity index (χ2v) is 5.76. The Bertz CT molecular complexity index is 879. The van der Waals surface area contributed by atoms with E-state index in [-0.39, 0.29) is 11.7 Å². The monoisotopic (exact) mass is 358 g/mol. The lowest BCUT2D eigenvalue weighted by molar-refractivity contribution is 0.102. The van der Waals surface area contributed by atoms with Crippen molar-refractivity contribution in [3.05, 3.63) is 60.3 Å². The highest BCUT2D eigenvalue weighted by molar-refractivity contribution is 7.98. The van der Waals surface area contributed by atoms with Crippen LogP contribution in [-0.2, 0) is 0 Å². The molecule has 25 heavy (non-hydrogen) atoms. The van der Waals surface area contributed by atoms with Crippen LogP contribution < -0.4 is 10.1 Å². The van der Waals surface area contributed by atoms with Crippen molar-refractivity contribution in [2.75, 3.05) is 18.7 Å². The minimum Gasteiger partial charge on any atom is -0.481 e. The predicted molar refractivity (Wildman–Crippen MR) is 94.0 cm³/mol. The van der Waals surface area contributed by atoms with Gasteiger partial charge in [0.1, 0.15) is 11.5 Å². The van der Waals surface area contributed by atoms with Gasteiger partial charge in [0.2, 0.25) is 5.88 Å². The molecule has 0 atom stereocenters. The average Bonchev–Trinajstić information content (AvgIpc) is 3.07. The molecule has 0 aliphatic carbocycles. The molecule has 2 heterocycles. The first kappa shape index (κ1) is 17.0. The second-order valence-electron chi connectivity index (χ2n) is 4.99. The van der Waals surface area contributed by atoms with Crippen LogP contribution in [0.25, 0.3) is 5.69 Å². The Labute approximate surface area is 148 Å². The summed E-state index contributed by atoms with van der Waals surface area (Å²) in [4.78, 5) is 21.0. The Morgan fingerprint density at radius 2 is 1.92 bits per heavy atom. The number of carbonyl (C=O) groups is 1. The van der Waals surface area contributed by atoms with E-state index in [1.165, 1.54) is 43.4 Å². The van der Waals surface area contributed by atoms with Crippen molar-refractivity contribution in [2.45, 2.75) is 5.16 Å². The molecule has 0 spiro atoms. The van der Waals surface area contributed by atoms with Crippen LogP contribution in [0.2, 0.25) is 0 Å². The van der Waals surface area contributed by atoms with E-state index in [0.717, 1.165) is 0 Å². The number of nitrogens with one attached hydrogen (secondary N) is 1. The highest BCUT2D eigenvalue weighted by Crippen LogP contribution is 2.23. The molecular formula is C17H15FN4O2S. The number of benzene rings is 1. The van der Waals surface area contributed by atoms with E-state index < -0.39 is 0 Å². The number of pyridine rings is 1. The van der Waals surface area contributed by atoms with Gasteiger partial charge in [0.05, 0.1) is 25.2 Å². The molecule has 0 unspecified atom stereocenters. The van der Waals surface area contributed by atoms with Crippen molar-refractivity contribution in [3.63, 3.8) is 0 Å². The van der Waals surface area contributed by atoms with Crippen molar-refractivity contribution in [1.82, 2.24) is 14.5 Å². The molecule has 0 bridgehead atoms. The number of carbonyl (C=O) groups excluding carboxylic acids is 1. The molecule has 2 aromatic heterocycles. The Balaban J connectivity index is 1.92. The predicted octanol–water partition coefficient (Wildman–Crippen LogP) is 3.39. The first-order chi connectivity index (χ1) is 12.1. The number of aromatic nitrogens is 3. The van der Waals surface area contributed by atoms with Gasteiger partial charge in [0.25, 0.3) is 5.91 Å². The van der Waals surface area contributed by atoms with Gasteiger partial charge in [-0.15, -0.1) is 0 Å². The van der Waals surface area contributed by atoms with Crippen LogP contribution in [-0.4, -0.2) is 33.8 Å². The number of halogens is 1. The van der Waals surface area contributed by atoms with E-state index in [1.54, 1.807) is 28.8 Å². The maximum Gasteiger partial charge on any atom is 0.274 e. The number of hydrogen-bond acceptors (Lipinski definition) is 5. The molecule has 1 aromatic carbocycles. The number of thioether (sulfide) groups is 1. The molecular weight excluding hydrogens is 343 g/mol. The number of hydrogen-bond donors (Lipinski definition) is 1. The maximum atomic E-state index is 13.2. The lowest BCUT2D eigenvalue weighted by Crippen LogP contribution is -2.16. The minimum atomic E-state index is -0.343. The lowest BCUT2D eigenvalue weighted by Gasteiger charge is -2.11. The van der Waals surface area contributed by atoms with E-state index in [0.29, 0.717) is 28.1 Å². The summed E-state index contributed by atoms with van der Waals surface area (Å²) in [6.07, 6.45) is 4.85. The zero-order valence-corrected chi connectivity index (χ0v) is 14.4. The van der Waals surface area contributed by atoms with Crippen molar-refractivity contribution in [3.8, 4) is 11.6 Å². The van der Waals surface area contributed by atoms with Crippen molar-refractivity contribution < 1.29 is 13.9 Å². The summed E-state index contributed by atoms with van der Waals surface area (Å²) in [5.74, 6) is -0.229. The SMILES string of the molecule is COc1ccc(NC(=O)c2cnc(SC)n2-c2ccc(F)cc2)cn1. The van der Waals surface area contributed by atoms with E-state index in [4.69, 9.17) is 4.74 Å². The van der Waals surface area contributed by atoms with Gasteiger partial charge in [-0.25, -0.2) is 14.4 Å². The van der Waals surface area contributed by atoms with Gasteiger partial charge in [0, 0.05) is 11.8 Å². The molecule has 0 saturated heterocycles. The van der Waals surface area contributed by atoms with E-state index >= 15 is 0 Å². The van der Waals surface area contributed by atoms with Crippen LogP contribution in [0, 0.1) is 5.82 Å². The number of anilines is 1. The number of amides is 1. The summed E-state index contributed by atoms with van der Waals surface area (Å²) < 4.78 is 19.9. The number of nitrogens with zero attached hydrogens (tertiary/aromatic N) is 3. The highest BCUT2D eigenvalue weighted by atomic mass is 32.2. The highest BCUT2D eigenvalue weighted by Gasteiger charge is 2.18. The third-order valence-corrected chi connectivity index (χ3v) is 4.09. The third kappa shape index (κ3) is 3.63. The van der Waals surface area contributed by atoms with Crippen LogP contribution in [0.15, 0.2) is 53.9 Å². The summed E-state index contributed by atoms with van der Waals surface area (Å²) in [5.41, 5.74) is 1.52. The lowest BCUT2D eigenvalue weighted by atomic mass is 10.3. The maximum absolute atomic E-state index is 13.2. The topological polar surface area (TPSA) is 69.0 Å². The van der Waals surface area contributed by atoms with E-state index in [2.05, 4.69) is 15.3 Å². The molecule has 0 saturated carbocycles. The van der Waals surface area contributed by atoms with Crippen LogP contribution in [0.5, 0.6) is 5.88 Å². The van der Waals surface area contributed by atoms with Crippen LogP contribution >= 0.6 is 11.8 Å². The summed E-state index contributed by atoms with van der Waals surface area (Å²) in [7, 11) is 1.52. The fraction of sp³-hybridized carbons (Fsp3) is 0.118. The fourth-order valence-electron chi connectivity index (χ4n) is 2.25. The van der Waals surface area contributed by atoms with Crippen molar-refractivity contribution >= 4 is 23.4 Å². The molecule has 1 N–H and O–H groups in total. The van der Waals surface area contributed by atoms with Gasteiger partial charge in [0.15, 0.2) is 5.16 Å². The zero-order valence-electron chi connectivity index (χ0n) is 13.6. The van der Waals surface area contributed by atoms with E-state index in [9.17, 15) is 9.18 Å². The molecule has 1 amide bonds. The van der Waals surface area contributed by atoms with Gasteiger partial charge < -0.3 is 10.1 Å². The fourth-order valence-corrected chi connectivity index (χ4v) is 2.79. The molecule has 0 fully saturated rings. The Morgan fingerprint density at radius 1 is 1.16 bits per heavy atom. The van der Waals surface area contributed by atoms with Gasteiger partial charge in [-0.05, 0) is 36.6 Å². The summed E-state index contributed by atoms with van der Waals surface area (Å²) in [5, 5.41) is 3.40. The third-order valence-electron chi connectivity index (χ3n) is 3.43. The molecule has 0 aliphatic heterocycles. The normalized spacial score (nSPS) is 10.5. The Kier molecular flexibility index (Phi) is 4.99. The van der Waals surface area contributed by atoms with Gasteiger partial charge >= 0.3 is 0 Å². The van der Waals surface area contributed by atoms with Gasteiger partial charge in [-0.3, -0.25) is 9.36 Å². The zero-order chi connectivity index (χ0) is 17.8. The van der Waals surface area contributed by atoms with Crippen molar-refractivity contribution in [1.29, 1.82) is 0 Å². The molecule has 3 aromatic rings. The Morgan fingerprint density at radius 3 is 2.52 bits per heavy atom. The quantitative estimate of drug-likeness (QED) is 0.708. The van der Waals surface area contributed by atoms with Crippen molar-refractivity contribution in [2.24, 2.45) is 0 Å². The Hall–Kier alpha value is -2.87. The van der Waals surface area contributed by atoms with Crippen LogP contribution in [0.3, 0.4) is 0 Å². The number of methoxy groups -OCH3 is 1. The molecule has 128 valence electrons. The second kappa shape index (κ2) is 7.35. The average molecular weight is 358 g/mol. The standard InChI is InChI=1S/C17H15FN4O2S/c1-24-15-8-5-12(9-19-15)21-16(23)14-10-20-17(25-2)22(14)13-6-3-11(18)4-7-13/h3-10H,1-2H3,(H,21,23).